The second-order valence-corrected chi connectivity index (χ2v) is 4.10. The third-order valence-electron chi connectivity index (χ3n) is 2.95. The Hall–Kier alpha value is -2.09. The van der Waals surface area contributed by atoms with Crippen molar-refractivity contribution >= 4 is 10.9 Å². The summed E-state index contributed by atoms with van der Waals surface area (Å²) in [5, 5.41) is 1.18. The molecule has 2 aromatic heterocycles. The van der Waals surface area contributed by atoms with E-state index in [-0.39, 0.29) is 0 Å². The van der Waals surface area contributed by atoms with Crippen LogP contribution in [0, 0.1) is 6.07 Å². The van der Waals surface area contributed by atoms with Crippen molar-refractivity contribution in [2.75, 3.05) is 0 Å². The molecule has 3 rings (SSSR count). The molecule has 0 aliphatic heterocycles. The van der Waals surface area contributed by atoms with Crippen molar-refractivity contribution in [3.63, 3.8) is 0 Å². The monoisotopic (exact) mass is 221 g/mol. The summed E-state index contributed by atoms with van der Waals surface area (Å²) in [7, 11) is 0. The number of hydrogen-bond acceptors (Lipinski definition) is 1. The summed E-state index contributed by atoms with van der Waals surface area (Å²) in [5.41, 5.74) is 2.52. The highest BCUT2D eigenvalue weighted by Gasteiger charge is 2.00. The smallest absolute Gasteiger partial charge is 0.0486 e. The van der Waals surface area contributed by atoms with Gasteiger partial charge in [-0.2, -0.15) is 0 Å². The van der Waals surface area contributed by atoms with Gasteiger partial charge in [0, 0.05) is 42.1 Å². The summed E-state index contributed by atoms with van der Waals surface area (Å²) in [5.74, 6) is 0. The fourth-order valence-electron chi connectivity index (χ4n) is 2.04. The molecule has 2 heteroatoms. The van der Waals surface area contributed by atoms with E-state index in [9.17, 15) is 0 Å². The fraction of sp³-hybridized carbons (Fsp3) is 0.133. The Morgan fingerprint density at radius 1 is 1.12 bits per heavy atom. The van der Waals surface area contributed by atoms with Crippen LogP contribution in [-0.4, -0.2) is 9.55 Å². The van der Waals surface area contributed by atoms with Gasteiger partial charge < -0.3 is 4.57 Å². The third kappa shape index (κ3) is 2.07. The minimum atomic E-state index is 0.968. The van der Waals surface area contributed by atoms with Crippen molar-refractivity contribution in [3.8, 4) is 0 Å². The Labute approximate surface area is 101 Å². The van der Waals surface area contributed by atoms with Crippen LogP contribution >= 0.6 is 0 Å². The van der Waals surface area contributed by atoms with Crippen LogP contribution < -0.4 is 0 Å². The largest absolute Gasteiger partial charge is 0.347 e. The van der Waals surface area contributed by atoms with Gasteiger partial charge in [-0.25, -0.2) is 0 Å². The number of aryl methyl sites for hydroxylation is 2. The first-order chi connectivity index (χ1) is 8.43. The third-order valence-corrected chi connectivity index (χ3v) is 2.95. The van der Waals surface area contributed by atoms with Gasteiger partial charge in [-0.3, -0.25) is 4.98 Å². The maximum atomic E-state index is 4.13. The predicted molar refractivity (Wildman–Crippen MR) is 68.7 cm³/mol. The Bertz CT molecular complexity index is 611. The predicted octanol–water partition coefficient (Wildman–Crippen LogP) is 3.08. The van der Waals surface area contributed by atoms with E-state index in [2.05, 4.69) is 39.9 Å². The summed E-state index contributed by atoms with van der Waals surface area (Å²) >= 11 is 0. The molecular formula is C15H13N2. The summed E-state index contributed by atoms with van der Waals surface area (Å²) in [6.07, 6.45) is 6.76. The lowest BCUT2D eigenvalue weighted by atomic mass is 10.2. The Morgan fingerprint density at radius 3 is 2.94 bits per heavy atom. The zero-order valence-corrected chi connectivity index (χ0v) is 9.50. The van der Waals surface area contributed by atoms with Crippen LogP contribution in [0.3, 0.4) is 0 Å². The van der Waals surface area contributed by atoms with Crippen molar-refractivity contribution in [3.05, 3.63) is 66.6 Å². The molecule has 0 amide bonds. The molecule has 1 aromatic carbocycles. The molecule has 0 unspecified atom stereocenters. The van der Waals surface area contributed by atoms with E-state index in [1.165, 1.54) is 16.5 Å². The van der Waals surface area contributed by atoms with Gasteiger partial charge in [0.15, 0.2) is 0 Å². The number of pyridine rings is 1. The second-order valence-electron chi connectivity index (χ2n) is 4.10. The molecule has 0 fully saturated rings. The van der Waals surface area contributed by atoms with Crippen LogP contribution in [0.15, 0.2) is 55.0 Å². The topological polar surface area (TPSA) is 17.8 Å². The molecule has 0 aliphatic rings. The van der Waals surface area contributed by atoms with Gasteiger partial charge >= 0.3 is 0 Å². The van der Waals surface area contributed by atoms with E-state index in [4.69, 9.17) is 0 Å². The summed E-state index contributed by atoms with van der Waals surface area (Å²) < 4.78 is 2.24. The Kier molecular flexibility index (Phi) is 2.62. The van der Waals surface area contributed by atoms with Crippen LogP contribution in [0.2, 0.25) is 0 Å². The van der Waals surface area contributed by atoms with E-state index >= 15 is 0 Å². The maximum Gasteiger partial charge on any atom is 0.0486 e. The Balaban J connectivity index is 1.82. The van der Waals surface area contributed by atoms with E-state index in [0.29, 0.717) is 0 Å². The maximum absolute atomic E-state index is 4.13. The second kappa shape index (κ2) is 4.42. The van der Waals surface area contributed by atoms with E-state index in [1.54, 1.807) is 0 Å². The SMILES string of the molecule is [c]1cn(CCc2cccnc2)c2ccccc12. The lowest BCUT2D eigenvalue weighted by Crippen LogP contribution is -1.99. The number of fused-ring (bicyclic) bond motifs is 1. The van der Waals surface area contributed by atoms with Gasteiger partial charge in [0.2, 0.25) is 0 Å². The van der Waals surface area contributed by atoms with Crippen LogP contribution in [0.1, 0.15) is 5.56 Å². The average molecular weight is 221 g/mol. The van der Waals surface area contributed by atoms with Crippen LogP contribution in [0.4, 0.5) is 0 Å². The Morgan fingerprint density at radius 2 is 2.06 bits per heavy atom. The van der Waals surface area contributed by atoms with E-state index < -0.39 is 0 Å². The quantitative estimate of drug-likeness (QED) is 0.664. The number of para-hydroxylation sites is 1. The number of hydrogen-bond donors (Lipinski definition) is 0. The summed E-state index contributed by atoms with van der Waals surface area (Å²) in [6.45, 7) is 0.968. The first-order valence-corrected chi connectivity index (χ1v) is 5.78. The number of aromatic nitrogens is 2. The molecule has 0 aliphatic carbocycles. The lowest BCUT2D eigenvalue weighted by molar-refractivity contribution is 0.721. The number of nitrogens with zero attached hydrogens (tertiary/aromatic N) is 2. The summed E-state index contributed by atoms with van der Waals surface area (Å²) in [4.78, 5) is 4.13. The van der Waals surface area contributed by atoms with Gasteiger partial charge in [-0.1, -0.05) is 24.3 Å². The van der Waals surface area contributed by atoms with Gasteiger partial charge in [-0.05, 0) is 24.1 Å². The summed E-state index contributed by atoms with van der Waals surface area (Å²) in [6, 6.07) is 15.7. The van der Waals surface area contributed by atoms with Gasteiger partial charge in [0.25, 0.3) is 0 Å². The molecule has 0 saturated heterocycles. The number of rotatable bonds is 3. The van der Waals surface area contributed by atoms with Crippen LogP contribution in [0.5, 0.6) is 0 Å². The average Bonchev–Trinajstić information content (AvgIpc) is 2.81. The van der Waals surface area contributed by atoms with Crippen molar-refractivity contribution in [1.82, 2.24) is 9.55 Å². The molecule has 83 valence electrons. The zero-order chi connectivity index (χ0) is 11.5. The highest BCUT2D eigenvalue weighted by Crippen LogP contribution is 2.14. The fourth-order valence-corrected chi connectivity index (χ4v) is 2.04. The van der Waals surface area contributed by atoms with E-state index in [0.717, 1.165) is 13.0 Å². The highest BCUT2D eigenvalue weighted by molar-refractivity contribution is 5.79. The number of benzene rings is 1. The molecule has 17 heavy (non-hydrogen) atoms. The standard InChI is InChI=1S/C15H13N2/c1-2-6-15-14(5-1)8-11-17(15)10-7-13-4-3-9-16-12-13/h1-6,9,11-12H,7,10H2. The highest BCUT2D eigenvalue weighted by atomic mass is 14.9. The van der Waals surface area contributed by atoms with E-state index in [1.807, 2.05) is 30.7 Å². The van der Waals surface area contributed by atoms with Crippen molar-refractivity contribution < 1.29 is 0 Å². The molecule has 2 nitrogen and oxygen atoms in total. The van der Waals surface area contributed by atoms with Crippen molar-refractivity contribution in [2.45, 2.75) is 13.0 Å². The molecule has 1 radical (unpaired) electrons. The molecule has 0 bridgehead atoms. The molecule has 2 heterocycles. The first kappa shape index (κ1) is 10.1. The van der Waals surface area contributed by atoms with Crippen LogP contribution in [0.25, 0.3) is 10.9 Å². The van der Waals surface area contributed by atoms with Gasteiger partial charge in [0.1, 0.15) is 0 Å². The first-order valence-electron chi connectivity index (χ1n) is 5.78. The molecule has 0 atom stereocenters. The molecule has 0 spiro atoms. The normalized spacial score (nSPS) is 10.8. The molecule has 0 N–H and O–H groups in total. The molecule has 3 aromatic rings. The van der Waals surface area contributed by atoms with Crippen molar-refractivity contribution in [1.29, 1.82) is 0 Å². The van der Waals surface area contributed by atoms with Gasteiger partial charge in [-0.15, -0.1) is 0 Å². The molecular weight excluding hydrogens is 208 g/mol. The van der Waals surface area contributed by atoms with Gasteiger partial charge in [0.05, 0.1) is 0 Å². The van der Waals surface area contributed by atoms with Crippen molar-refractivity contribution in [2.24, 2.45) is 0 Å². The molecule has 0 saturated carbocycles. The lowest BCUT2D eigenvalue weighted by Gasteiger charge is -2.05. The minimum Gasteiger partial charge on any atom is -0.347 e. The zero-order valence-electron chi connectivity index (χ0n) is 9.50. The minimum absolute atomic E-state index is 0.968. The van der Waals surface area contributed by atoms with Crippen LogP contribution in [-0.2, 0) is 13.0 Å².